The van der Waals surface area contributed by atoms with E-state index in [4.69, 9.17) is 4.52 Å². The number of hydrogen-bond acceptors (Lipinski definition) is 7. The number of hydrogen-bond donors (Lipinski definition) is 1. The summed E-state index contributed by atoms with van der Waals surface area (Å²) >= 11 is 1.53. The van der Waals surface area contributed by atoms with Gasteiger partial charge >= 0.3 is 0 Å². The first kappa shape index (κ1) is 21.1. The lowest BCUT2D eigenvalue weighted by molar-refractivity contribution is -0.133. The molecule has 1 aliphatic heterocycles. The number of aromatic nitrogens is 2. The first-order valence-electron chi connectivity index (χ1n) is 9.99. The average Bonchev–Trinajstić information content (AvgIpc) is 3.46. The molecule has 1 fully saturated rings. The van der Waals surface area contributed by atoms with Gasteiger partial charge in [0.15, 0.2) is 0 Å². The Bertz CT molecular complexity index is 1010. The number of piperazine rings is 1. The molecule has 8 nitrogen and oxygen atoms in total. The molecule has 2 amide bonds. The fourth-order valence-electron chi connectivity index (χ4n) is 3.33. The van der Waals surface area contributed by atoms with Crippen molar-refractivity contribution >= 4 is 28.8 Å². The lowest BCUT2D eigenvalue weighted by Gasteiger charge is -2.34. The molecule has 0 radical (unpaired) electrons. The second-order valence-corrected chi connectivity index (χ2v) is 8.15. The summed E-state index contributed by atoms with van der Waals surface area (Å²) in [7, 11) is 0. The average molecular weight is 444 g/mol. The van der Waals surface area contributed by atoms with Gasteiger partial charge in [-0.05, 0) is 35.7 Å². The molecule has 0 saturated carbocycles. The number of benzene rings is 1. The summed E-state index contributed by atoms with van der Waals surface area (Å²) in [6, 6.07) is 9.50. The lowest BCUT2D eigenvalue weighted by Crippen LogP contribution is -2.50. The molecule has 1 N–H and O–H groups in total. The minimum Gasteiger partial charge on any atom is -0.340 e. The Balaban J connectivity index is 1.18. The molecule has 3 aromatic rings. The van der Waals surface area contributed by atoms with Crippen LogP contribution in [0, 0.1) is 5.82 Å². The molecule has 4 rings (SSSR count). The molecular formula is C21H22FN5O3S. The highest BCUT2D eigenvalue weighted by molar-refractivity contribution is 7.13. The molecule has 0 spiro atoms. The number of aryl methyl sites for hydroxylation is 1. The van der Waals surface area contributed by atoms with E-state index in [-0.39, 0.29) is 24.2 Å². The number of halogens is 1. The van der Waals surface area contributed by atoms with Crippen LogP contribution in [0.25, 0.3) is 10.7 Å². The van der Waals surface area contributed by atoms with Crippen molar-refractivity contribution in [1.82, 2.24) is 19.9 Å². The number of amides is 2. The van der Waals surface area contributed by atoms with E-state index in [1.807, 2.05) is 22.4 Å². The zero-order chi connectivity index (χ0) is 21.6. The summed E-state index contributed by atoms with van der Waals surface area (Å²) in [6.45, 7) is 2.59. The Hall–Kier alpha value is -3.11. The minimum absolute atomic E-state index is 0.0336. The first-order valence-corrected chi connectivity index (χ1v) is 10.9. The molecule has 0 atom stereocenters. The van der Waals surface area contributed by atoms with Gasteiger partial charge in [-0.3, -0.25) is 14.5 Å². The van der Waals surface area contributed by atoms with Crippen molar-refractivity contribution < 1.29 is 18.5 Å². The van der Waals surface area contributed by atoms with E-state index in [2.05, 4.69) is 15.5 Å². The predicted octanol–water partition coefficient (Wildman–Crippen LogP) is 2.65. The van der Waals surface area contributed by atoms with Crippen LogP contribution < -0.4 is 5.32 Å². The van der Waals surface area contributed by atoms with Gasteiger partial charge in [-0.25, -0.2) is 4.39 Å². The zero-order valence-corrected chi connectivity index (χ0v) is 17.6. The van der Waals surface area contributed by atoms with Gasteiger partial charge in [-0.15, -0.1) is 11.3 Å². The maximum absolute atomic E-state index is 12.9. The van der Waals surface area contributed by atoms with Crippen molar-refractivity contribution in [2.75, 3.05) is 38.0 Å². The van der Waals surface area contributed by atoms with E-state index >= 15 is 0 Å². The predicted molar refractivity (Wildman–Crippen MR) is 114 cm³/mol. The molecular weight excluding hydrogens is 421 g/mol. The van der Waals surface area contributed by atoms with Crippen LogP contribution in [0.4, 0.5) is 10.1 Å². The third kappa shape index (κ3) is 5.74. The van der Waals surface area contributed by atoms with Crippen molar-refractivity contribution in [3.63, 3.8) is 0 Å². The normalized spacial score (nSPS) is 14.5. The number of carbonyl (C=O) groups excluding carboxylic acids is 2. The van der Waals surface area contributed by atoms with Crippen LogP contribution >= 0.6 is 11.3 Å². The van der Waals surface area contributed by atoms with Crippen molar-refractivity contribution in [1.29, 1.82) is 0 Å². The van der Waals surface area contributed by atoms with Gasteiger partial charge in [-0.2, -0.15) is 4.98 Å². The van der Waals surface area contributed by atoms with E-state index in [1.54, 1.807) is 4.90 Å². The maximum atomic E-state index is 12.9. The van der Waals surface area contributed by atoms with Crippen molar-refractivity contribution in [2.24, 2.45) is 0 Å². The molecule has 3 heterocycles. The third-order valence-corrected chi connectivity index (χ3v) is 5.85. The summed E-state index contributed by atoms with van der Waals surface area (Å²) in [4.78, 5) is 33.8. The smallest absolute Gasteiger partial charge is 0.238 e. The van der Waals surface area contributed by atoms with Crippen LogP contribution in [0.5, 0.6) is 0 Å². The van der Waals surface area contributed by atoms with Crippen LogP contribution in [0.15, 0.2) is 46.3 Å². The van der Waals surface area contributed by atoms with Crippen LogP contribution in [0.2, 0.25) is 0 Å². The third-order valence-electron chi connectivity index (χ3n) is 4.98. The molecule has 31 heavy (non-hydrogen) atoms. The SMILES string of the molecule is O=C(CN1CCN(C(=O)CCc2nc(-c3cccs3)no2)CC1)Nc1ccc(F)cc1. The number of nitrogens with zero attached hydrogens (tertiary/aromatic N) is 4. The second kappa shape index (κ2) is 9.80. The van der Waals surface area contributed by atoms with Crippen molar-refractivity contribution in [3.8, 4) is 10.7 Å². The summed E-state index contributed by atoms with van der Waals surface area (Å²) in [5, 5.41) is 8.65. The Morgan fingerprint density at radius 1 is 1.13 bits per heavy atom. The Labute approximate surface area is 182 Å². The highest BCUT2D eigenvalue weighted by atomic mass is 32.1. The fourth-order valence-corrected chi connectivity index (χ4v) is 3.98. The maximum Gasteiger partial charge on any atom is 0.238 e. The van der Waals surface area contributed by atoms with Gasteiger partial charge < -0.3 is 14.7 Å². The van der Waals surface area contributed by atoms with Gasteiger partial charge in [-0.1, -0.05) is 11.2 Å². The molecule has 2 aromatic heterocycles. The van der Waals surface area contributed by atoms with E-state index in [1.165, 1.54) is 35.6 Å². The standard InChI is InChI=1S/C21H22FN5O3S/c22-15-3-5-16(6-4-15)23-18(28)14-26-9-11-27(12-10-26)20(29)8-7-19-24-21(25-30-19)17-2-1-13-31-17/h1-6,13H,7-12,14H2,(H,23,28). The summed E-state index contributed by atoms with van der Waals surface area (Å²) < 4.78 is 18.2. The largest absolute Gasteiger partial charge is 0.340 e. The number of nitrogens with one attached hydrogen (secondary N) is 1. The topological polar surface area (TPSA) is 91.6 Å². The van der Waals surface area contributed by atoms with Gasteiger partial charge in [0.05, 0.1) is 11.4 Å². The second-order valence-electron chi connectivity index (χ2n) is 7.20. The Morgan fingerprint density at radius 3 is 2.61 bits per heavy atom. The van der Waals surface area contributed by atoms with Crippen LogP contribution in [-0.4, -0.2) is 64.5 Å². The highest BCUT2D eigenvalue weighted by Gasteiger charge is 2.23. The Kier molecular flexibility index (Phi) is 6.68. The van der Waals surface area contributed by atoms with E-state index in [0.29, 0.717) is 56.4 Å². The van der Waals surface area contributed by atoms with Gasteiger partial charge in [0.2, 0.25) is 23.5 Å². The number of thiophene rings is 1. The van der Waals surface area contributed by atoms with Crippen LogP contribution in [-0.2, 0) is 16.0 Å². The van der Waals surface area contributed by atoms with E-state index < -0.39 is 0 Å². The van der Waals surface area contributed by atoms with Gasteiger partial charge in [0.1, 0.15) is 5.82 Å². The molecule has 1 saturated heterocycles. The monoisotopic (exact) mass is 443 g/mol. The molecule has 1 aromatic carbocycles. The molecule has 10 heteroatoms. The number of carbonyl (C=O) groups is 2. The zero-order valence-electron chi connectivity index (χ0n) is 16.8. The molecule has 1 aliphatic rings. The van der Waals surface area contributed by atoms with Gasteiger partial charge in [0, 0.05) is 44.7 Å². The summed E-state index contributed by atoms with van der Waals surface area (Å²) in [6.07, 6.45) is 0.703. The quantitative estimate of drug-likeness (QED) is 0.604. The van der Waals surface area contributed by atoms with E-state index in [9.17, 15) is 14.0 Å². The molecule has 0 bridgehead atoms. The Morgan fingerprint density at radius 2 is 1.90 bits per heavy atom. The summed E-state index contributed by atoms with van der Waals surface area (Å²) in [5.41, 5.74) is 0.559. The molecule has 0 aliphatic carbocycles. The lowest BCUT2D eigenvalue weighted by atomic mass is 10.2. The first-order chi connectivity index (χ1) is 15.1. The molecule has 0 unspecified atom stereocenters. The van der Waals surface area contributed by atoms with Crippen LogP contribution in [0.3, 0.4) is 0 Å². The molecule has 162 valence electrons. The summed E-state index contributed by atoms with van der Waals surface area (Å²) in [5.74, 6) is 0.522. The van der Waals surface area contributed by atoms with Crippen molar-refractivity contribution in [3.05, 3.63) is 53.5 Å². The van der Waals surface area contributed by atoms with Crippen molar-refractivity contribution in [2.45, 2.75) is 12.8 Å². The fraction of sp³-hybridized carbons (Fsp3) is 0.333. The van der Waals surface area contributed by atoms with Gasteiger partial charge in [0.25, 0.3) is 0 Å². The number of rotatable bonds is 7. The number of anilines is 1. The highest BCUT2D eigenvalue weighted by Crippen LogP contribution is 2.21. The van der Waals surface area contributed by atoms with E-state index in [0.717, 1.165) is 4.88 Å². The van der Waals surface area contributed by atoms with Crippen LogP contribution in [0.1, 0.15) is 12.3 Å². The minimum atomic E-state index is -0.346.